The van der Waals surface area contributed by atoms with E-state index < -0.39 is 0 Å². The van der Waals surface area contributed by atoms with Crippen LogP contribution in [0.3, 0.4) is 0 Å². The number of nitrogens with zero attached hydrogens (tertiary/aromatic N) is 6. The fraction of sp³-hybridized carbons (Fsp3) is 0.429. The van der Waals surface area contributed by atoms with Crippen LogP contribution >= 0.6 is 23.4 Å². The molecule has 32 heavy (non-hydrogen) atoms. The van der Waals surface area contributed by atoms with Gasteiger partial charge in [-0.15, -0.1) is 0 Å². The van der Waals surface area contributed by atoms with E-state index >= 15 is 0 Å². The quantitative estimate of drug-likeness (QED) is 0.523. The number of hydrogen-bond acceptors (Lipinski definition) is 9. The first-order valence-electron chi connectivity index (χ1n) is 10.5. The maximum absolute atomic E-state index is 10.0. The Balaban J connectivity index is 1.36. The maximum Gasteiger partial charge on any atom is 0.153 e. The molecule has 3 aromatic rings. The summed E-state index contributed by atoms with van der Waals surface area (Å²) >= 11 is 7.66. The van der Waals surface area contributed by atoms with E-state index in [1.54, 1.807) is 12.3 Å². The van der Waals surface area contributed by atoms with Crippen LogP contribution in [0.4, 0.5) is 11.6 Å². The van der Waals surface area contributed by atoms with E-state index in [0.717, 1.165) is 54.6 Å². The number of nitrogens with two attached hydrogens (primary N) is 2. The molecule has 5 rings (SSSR count). The number of hydrogen-bond donors (Lipinski definition) is 3. The molecule has 9 nitrogen and oxygen atoms in total. The molecule has 0 bridgehead atoms. The van der Waals surface area contributed by atoms with Crippen molar-refractivity contribution in [3.63, 3.8) is 0 Å². The molecule has 0 aromatic carbocycles. The van der Waals surface area contributed by atoms with E-state index in [1.807, 2.05) is 23.9 Å². The molecule has 5 N–H and O–H groups in total. The molecule has 3 aromatic heterocycles. The normalized spacial score (nSPS) is 19.5. The molecule has 168 valence electrons. The van der Waals surface area contributed by atoms with E-state index in [4.69, 9.17) is 33.0 Å². The highest BCUT2D eigenvalue weighted by molar-refractivity contribution is 7.99. The zero-order chi connectivity index (χ0) is 22.5. The molecular formula is C21H25ClN8OS. The van der Waals surface area contributed by atoms with Gasteiger partial charge in [0.15, 0.2) is 5.82 Å². The highest BCUT2D eigenvalue weighted by Gasteiger charge is 2.47. The largest absolute Gasteiger partial charge is 0.390 e. The Morgan fingerprint density at radius 3 is 2.75 bits per heavy atom. The number of piperidine rings is 1. The van der Waals surface area contributed by atoms with Crippen molar-refractivity contribution in [2.45, 2.75) is 48.9 Å². The predicted molar refractivity (Wildman–Crippen MR) is 124 cm³/mol. The number of aliphatic hydroxyl groups is 1. The van der Waals surface area contributed by atoms with Crippen molar-refractivity contribution >= 4 is 35.0 Å². The summed E-state index contributed by atoms with van der Waals surface area (Å²) in [6, 6.07) is 3.80. The van der Waals surface area contributed by atoms with Crippen LogP contribution in [0.2, 0.25) is 5.02 Å². The molecule has 0 radical (unpaired) electrons. The molecule has 0 unspecified atom stereocenters. The Hall–Kier alpha value is -2.40. The minimum Gasteiger partial charge on any atom is -0.390 e. The number of aryl methyl sites for hydroxylation is 1. The molecule has 2 aliphatic heterocycles. The molecule has 1 fully saturated rings. The molecule has 2 aliphatic rings. The van der Waals surface area contributed by atoms with Crippen LogP contribution < -0.4 is 16.4 Å². The van der Waals surface area contributed by atoms with Crippen LogP contribution in [0.1, 0.15) is 36.0 Å². The van der Waals surface area contributed by atoms with Gasteiger partial charge in [0.25, 0.3) is 0 Å². The molecule has 5 heterocycles. The number of rotatable bonds is 4. The molecule has 1 saturated heterocycles. The minimum absolute atomic E-state index is 0.00592. The monoisotopic (exact) mass is 472 g/mol. The highest BCUT2D eigenvalue weighted by Crippen LogP contribution is 2.48. The lowest BCUT2D eigenvalue weighted by Crippen LogP contribution is -2.45. The SMILES string of the molecule is Cc1nc(N2CCC3(CC2)Cn2nccc2[C@H]3N)c(CO)nc1Sc1ccnc(N)c1Cl. The molecule has 1 atom stereocenters. The third-order valence-corrected chi connectivity index (χ3v) is 8.22. The van der Waals surface area contributed by atoms with Crippen LogP contribution in [0.5, 0.6) is 0 Å². The standard InChI is InChI=1S/C21H25ClN8OS/c1-12-20(32-15-3-6-25-18(24)16(15)22)28-13(10-31)19(27-12)29-8-4-21(5-9-29)11-30-14(17(21)23)2-7-26-30/h2-3,6-7,17,31H,4-5,8-11,23H2,1H3,(H2,24,25)/t17-/m1/s1. The Kier molecular flexibility index (Phi) is 5.48. The number of halogens is 1. The van der Waals surface area contributed by atoms with Crippen molar-refractivity contribution in [1.29, 1.82) is 0 Å². The van der Waals surface area contributed by atoms with Crippen molar-refractivity contribution < 1.29 is 5.11 Å². The second kappa shape index (κ2) is 8.18. The van der Waals surface area contributed by atoms with E-state index in [0.29, 0.717) is 15.7 Å². The van der Waals surface area contributed by atoms with Gasteiger partial charge >= 0.3 is 0 Å². The van der Waals surface area contributed by atoms with Crippen LogP contribution in [-0.4, -0.2) is 42.9 Å². The first-order valence-corrected chi connectivity index (χ1v) is 11.7. The van der Waals surface area contributed by atoms with E-state index in [9.17, 15) is 5.11 Å². The van der Waals surface area contributed by atoms with Crippen LogP contribution in [0.15, 0.2) is 34.4 Å². The summed E-state index contributed by atoms with van der Waals surface area (Å²) in [5, 5.41) is 15.5. The average molecular weight is 473 g/mol. The summed E-state index contributed by atoms with van der Waals surface area (Å²) in [7, 11) is 0. The van der Waals surface area contributed by atoms with Crippen LogP contribution in [0.25, 0.3) is 0 Å². The van der Waals surface area contributed by atoms with Gasteiger partial charge in [-0.1, -0.05) is 23.4 Å². The zero-order valence-corrected chi connectivity index (χ0v) is 19.3. The third-order valence-electron chi connectivity index (χ3n) is 6.57. The van der Waals surface area contributed by atoms with Gasteiger partial charge in [-0.05, 0) is 31.9 Å². The third kappa shape index (κ3) is 3.51. The smallest absolute Gasteiger partial charge is 0.153 e. The Labute approximate surface area is 195 Å². The molecular weight excluding hydrogens is 448 g/mol. The average Bonchev–Trinajstić information content (AvgIpc) is 3.34. The Bertz CT molecular complexity index is 1160. The molecule has 11 heteroatoms. The van der Waals surface area contributed by atoms with Gasteiger partial charge in [0.2, 0.25) is 0 Å². The summed E-state index contributed by atoms with van der Waals surface area (Å²) in [4.78, 5) is 16.5. The van der Waals surface area contributed by atoms with E-state index in [-0.39, 0.29) is 23.9 Å². The minimum atomic E-state index is -0.196. The lowest BCUT2D eigenvalue weighted by Gasteiger charge is -2.42. The van der Waals surface area contributed by atoms with Crippen molar-refractivity contribution in [2.24, 2.45) is 11.1 Å². The molecule has 0 aliphatic carbocycles. The summed E-state index contributed by atoms with van der Waals surface area (Å²) in [5.74, 6) is 1.00. The summed E-state index contributed by atoms with van der Waals surface area (Å²) in [6.07, 6.45) is 5.30. The van der Waals surface area contributed by atoms with Gasteiger partial charge in [0.1, 0.15) is 16.5 Å². The number of aromatic nitrogens is 5. The van der Waals surface area contributed by atoms with Crippen molar-refractivity contribution in [3.8, 4) is 0 Å². The lowest BCUT2D eigenvalue weighted by atomic mass is 9.73. The maximum atomic E-state index is 10.0. The fourth-order valence-corrected chi connectivity index (χ4v) is 5.80. The second-order valence-electron chi connectivity index (χ2n) is 8.39. The molecule has 0 saturated carbocycles. The highest BCUT2D eigenvalue weighted by atomic mass is 35.5. The number of nitrogen functional groups attached to an aromatic ring is 1. The van der Waals surface area contributed by atoms with Crippen molar-refractivity contribution in [2.75, 3.05) is 23.7 Å². The zero-order valence-electron chi connectivity index (χ0n) is 17.7. The predicted octanol–water partition coefficient (Wildman–Crippen LogP) is 2.56. The Morgan fingerprint density at radius 2 is 2.03 bits per heavy atom. The number of anilines is 2. The lowest BCUT2D eigenvalue weighted by molar-refractivity contribution is 0.170. The van der Waals surface area contributed by atoms with E-state index in [2.05, 4.69) is 15.0 Å². The van der Waals surface area contributed by atoms with Crippen molar-refractivity contribution in [1.82, 2.24) is 24.7 Å². The van der Waals surface area contributed by atoms with E-state index in [1.165, 1.54) is 11.8 Å². The summed E-state index contributed by atoms with van der Waals surface area (Å²) in [5.41, 5.74) is 14.9. The topological polar surface area (TPSA) is 132 Å². The summed E-state index contributed by atoms with van der Waals surface area (Å²) in [6.45, 7) is 4.18. The van der Waals surface area contributed by atoms with Crippen LogP contribution in [0, 0.1) is 12.3 Å². The number of aliphatic hydroxyl groups excluding tert-OH is 1. The molecule has 0 amide bonds. The fourth-order valence-electron chi connectivity index (χ4n) is 4.69. The number of pyridine rings is 1. The molecule has 1 spiro atoms. The van der Waals surface area contributed by atoms with Crippen LogP contribution in [-0.2, 0) is 13.2 Å². The van der Waals surface area contributed by atoms with Gasteiger partial charge in [-0.25, -0.2) is 15.0 Å². The van der Waals surface area contributed by atoms with Gasteiger partial charge in [-0.2, -0.15) is 5.10 Å². The van der Waals surface area contributed by atoms with Gasteiger partial charge < -0.3 is 21.5 Å². The number of fused-ring (bicyclic) bond motifs is 1. The van der Waals surface area contributed by atoms with Gasteiger partial charge in [0, 0.05) is 42.3 Å². The van der Waals surface area contributed by atoms with Crippen molar-refractivity contribution in [3.05, 3.63) is 46.6 Å². The summed E-state index contributed by atoms with van der Waals surface area (Å²) < 4.78 is 2.03. The van der Waals surface area contributed by atoms with Gasteiger partial charge in [-0.3, -0.25) is 4.68 Å². The Morgan fingerprint density at radius 1 is 1.25 bits per heavy atom. The first kappa shape index (κ1) is 21.4. The second-order valence-corrected chi connectivity index (χ2v) is 9.80. The first-order chi connectivity index (χ1) is 15.4. The van der Waals surface area contributed by atoms with Gasteiger partial charge in [0.05, 0.1) is 29.1 Å².